The molecule has 0 aliphatic carbocycles. The predicted molar refractivity (Wildman–Crippen MR) is 78.0 cm³/mol. The fourth-order valence-corrected chi connectivity index (χ4v) is 2.15. The minimum atomic E-state index is -0.978. The van der Waals surface area contributed by atoms with Gasteiger partial charge in [0, 0.05) is 0 Å². The third-order valence-corrected chi connectivity index (χ3v) is 3.13. The van der Waals surface area contributed by atoms with Crippen molar-refractivity contribution < 1.29 is 24.2 Å². The molecule has 0 radical (unpaired) electrons. The number of aryl methyl sites for hydroxylation is 2. The summed E-state index contributed by atoms with van der Waals surface area (Å²) in [4.78, 5) is 23.9. The molecule has 0 saturated carbocycles. The third-order valence-electron chi connectivity index (χ3n) is 3.13. The molecule has 0 spiro atoms. The van der Waals surface area contributed by atoms with Crippen molar-refractivity contribution in [1.29, 1.82) is 0 Å². The average molecular weight is 294 g/mol. The van der Waals surface area contributed by atoms with Crippen molar-refractivity contribution in [1.82, 2.24) is 0 Å². The van der Waals surface area contributed by atoms with Crippen LogP contribution in [0.25, 0.3) is 0 Å². The summed E-state index contributed by atoms with van der Waals surface area (Å²) < 4.78 is 9.88. The van der Waals surface area contributed by atoms with E-state index in [2.05, 4.69) is 0 Å². The number of aromatic hydroxyl groups is 1. The summed E-state index contributed by atoms with van der Waals surface area (Å²) in [7, 11) is 0. The second-order valence-corrected chi connectivity index (χ2v) is 4.84. The van der Waals surface area contributed by atoms with E-state index in [4.69, 9.17) is 9.47 Å². The van der Waals surface area contributed by atoms with Crippen LogP contribution in [0, 0.1) is 19.8 Å². The number of rotatable bonds is 6. The Balaban J connectivity index is 3.00. The number of phenols is 1. The molecule has 1 aromatic carbocycles. The minimum absolute atomic E-state index is 0.194. The molecule has 0 amide bonds. The fraction of sp³-hybridized carbons (Fsp3) is 0.500. The van der Waals surface area contributed by atoms with E-state index < -0.39 is 17.9 Å². The number of carbonyl (C=O) groups is 2. The normalized spacial score (nSPS) is 10.5. The first-order valence-corrected chi connectivity index (χ1v) is 7.03. The molecule has 0 saturated heterocycles. The molecule has 1 rings (SSSR count). The van der Waals surface area contributed by atoms with Crippen LogP contribution in [0.2, 0.25) is 0 Å². The Morgan fingerprint density at radius 2 is 1.48 bits per heavy atom. The molecule has 5 heteroatoms. The Bertz CT molecular complexity index is 480. The van der Waals surface area contributed by atoms with Crippen molar-refractivity contribution in [2.75, 3.05) is 13.2 Å². The lowest BCUT2D eigenvalue weighted by atomic mass is 9.96. The highest BCUT2D eigenvalue weighted by Gasteiger charge is 2.30. The maximum Gasteiger partial charge on any atom is 0.320 e. The molecule has 0 heterocycles. The van der Waals surface area contributed by atoms with Crippen molar-refractivity contribution in [3.8, 4) is 5.75 Å². The molecule has 1 aromatic rings. The zero-order valence-corrected chi connectivity index (χ0v) is 12.9. The number of phenolic OH excluding ortho intramolecular Hbond substituents is 1. The molecule has 0 aliphatic heterocycles. The van der Waals surface area contributed by atoms with Gasteiger partial charge in [-0.1, -0.05) is 12.1 Å². The molecule has 0 atom stereocenters. The van der Waals surface area contributed by atoms with Gasteiger partial charge in [0.1, 0.15) is 5.75 Å². The Morgan fingerprint density at radius 1 is 1.05 bits per heavy atom. The summed E-state index contributed by atoms with van der Waals surface area (Å²) in [6, 6.07) is 3.52. The van der Waals surface area contributed by atoms with Crippen LogP contribution < -0.4 is 0 Å². The molecule has 0 aliphatic rings. The van der Waals surface area contributed by atoms with Gasteiger partial charge in [-0.25, -0.2) is 0 Å². The number of carbonyl (C=O) groups excluding carboxylic acids is 2. The largest absolute Gasteiger partial charge is 0.507 e. The van der Waals surface area contributed by atoms with Gasteiger partial charge in [-0.3, -0.25) is 9.59 Å². The smallest absolute Gasteiger partial charge is 0.320 e. The van der Waals surface area contributed by atoms with Crippen molar-refractivity contribution in [3.63, 3.8) is 0 Å². The molecule has 0 aromatic heterocycles. The predicted octanol–water partition coefficient (Wildman–Crippen LogP) is 2.29. The minimum Gasteiger partial charge on any atom is -0.507 e. The molecule has 116 valence electrons. The maximum atomic E-state index is 11.9. The van der Waals surface area contributed by atoms with E-state index >= 15 is 0 Å². The highest BCUT2D eigenvalue weighted by molar-refractivity contribution is 5.95. The first-order valence-electron chi connectivity index (χ1n) is 7.03. The van der Waals surface area contributed by atoms with Crippen LogP contribution in [0.5, 0.6) is 5.75 Å². The summed E-state index contributed by atoms with van der Waals surface area (Å²) in [5.41, 5.74) is 2.20. The number of ether oxygens (including phenoxy) is 2. The van der Waals surface area contributed by atoms with Gasteiger partial charge in [0.25, 0.3) is 0 Å². The third kappa shape index (κ3) is 4.48. The van der Waals surface area contributed by atoms with E-state index in [-0.39, 0.29) is 25.4 Å². The Kier molecular flexibility index (Phi) is 6.21. The molecule has 0 fully saturated rings. The van der Waals surface area contributed by atoms with E-state index in [1.54, 1.807) is 39.8 Å². The lowest BCUT2D eigenvalue weighted by molar-refractivity contribution is -0.161. The van der Waals surface area contributed by atoms with Crippen molar-refractivity contribution in [3.05, 3.63) is 28.8 Å². The molecule has 0 bridgehead atoms. The molecule has 21 heavy (non-hydrogen) atoms. The van der Waals surface area contributed by atoms with Crippen molar-refractivity contribution >= 4 is 11.9 Å². The summed E-state index contributed by atoms with van der Waals surface area (Å²) >= 11 is 0. The van der Waals surface area contributed by atoms with Crippen LogP contribution in [0.4, 0.5) is 0 Å². The summed E-state index contributed by atoms with van der Waals surface area (Å²) in [5.74, 6) is -1.92. The molecule has 5 nitrogen and oxygen atoms in total. The summed E-state index contributed by atoms with van der Waals surface area (Å²) in [6.07, 6.45) is 0.194. The van der Waals surface area contributed by atoms with Gasteiger partial charge in [0.05, 0.1) is 13.2 Å². The number of hydrogen-bond acceptors (Lipinski definition) is 5. The SMILES string of the molecule is CCOC(=O)C(Cc1cc(C)c(O)c(C)c1)C(=O)OCC. The van der Waals surface area contributed by atoms with E-state index in [9.17, 15) is 14.7 Å². The zero-order valence-electron chi connectivity index (χ0n) is 12.9. The van der Waals surface area contributed by atoms with Gasteiger partial charge < -0.3 is 14.6 Å². The summed E-state index contributed by atoms with van der Waals surface area (Å²) in [6.45, 7) is 7.35. The van der Waals surface area contributed by atoms with Gasteiger partial charge in [0.2, 0.25) is 0 Å². The van der Waals surface area contributed by atoms with Crippen LogP contribution in [-0.2, 0) is 25.5 Å². The van der Waals surface area contributed by atoms with Gasteiger partial charge in [-0.2, -0.15) is 0 Å². The van der Waals surface area contributed by atoms with Gasteiger partial charge >= 0.3 is 11.9 Å². The number of esters is 2. The lowest BCUT2D eigenvalue weighted by Crippen LogP contribution is -2.30. The Hall–Kier alpha value is -2.04. The molecule has 1 N–H and O–H groups in total. The van der Waals surface area contributed by atoms with Crippen molar-refractivity contribution in [2.45, 2.75) is 34.1 Å². The maximum absolute atomic E-state index is 11.9. The number of benzene rings is 1. The van der Waals surface area contributed by atoms with Crippen LogP contribution in [0.3, 0.4) is 0 Å². The van der Waals surface area contributed by atoms with Gasteiger partial charge in [-0.05, 0) is 50.8 Å². The van der Waals surface area contributed by atoms with Gasteiger partial charge in [0.15, 0.2) is 5.92 Å². The van der Waals surface area contributed by atoms with E-state index in [1.165, 1.54) is 0 Å². The summed E-state index contributed by atoms with van der Waals surface area (Å²) in [5, 5.41) is 9.77. The van der Waals surface area contributed by atoms with Crippen LogP contribution in [-0.4, -0.2) is 30.3 Å². The van der Waals surface area contributed by atoms with E-state index in [0.717, 1.165) is 5.56 Å². The molecule has 0 unspecified atom stereocenters. The first-order chi connectivity index (χ1) is 9.90. The topological polar surface area (TPSA) is 72.8 Å². The zero-order chi connectivity index (χ0) is 16.0. The molecular weight excluding hydrogens is 272 g/mol. The molecular formula is C16H22O5. The van der Waals surface area contributed by atoms with Crippen molar-refractivity contribution in [2.24, 2.45) is 5.92 Å². The monoisotopic (exact) mass is 294 g/mol. The lowest BCUT2D eigenvalue weighted by Gasteiger charge is -2.15. The number of hydrogen-bond donors (Lipinski definition) is 1. The second-order valence-electron chi connectivity index (χ2n) is 4.84. The average Bonchev–Trinajstić information content (AvgIpc) is 2.42. The van der Waals surface area contributed by atoms with E-state index in [0.29, 0.717) is 11.1 Å². The first kappa shape index (κ1) is 17.0. The van der Waals surface area contributed by atoms with Crippen LogP contribution in [0.15, 0.2) is 12.1 Å². The quantitative estimate of drug-likeness (QED) is 0.643. The van der Waals surface area contributed by atoms with Gasteiger partial charge in [-0.15, -0.1) is 0 Å². The standard InChI is InChI=1S/C16H22O5/c1-5-20-15(18)13(16(19)21-6-2)9-12-7-10(3)14(17)11(4)8-12/h7-8,13,17H,5-6,9H2,1-4H3. The Labute approximate surface area is 124 Å². The Morgan fingerprint density at radius 3 is 1.86 bits per heavy atom. The highest BCUT2D eigenvalue weighted by Crippen LogP contribution is 2.25. The highest BCUT2D eigenvalue weighted by atomic mass is 16.6. The van der Waals surface area contributed by atoms with Crippen LogP contribution >= 0.6 is 0 Å². The van der Waals surface area contributed by atoms with Crippen LogP contribution in [0.1, 0.15) is 30.5 Å². The van der Waals surface area contributed by atoms with E-state index in [1.807, 2.05) is 0 Å². The second kappa shape index (κ2) is 7.67. The fourth-order valence-electron chi connectivity index (χ4n) is 2.15.